The smallest absolute Gasteiger partial charge is 0.278 e. The molecule has 2 rings (SSSR count). The van der Waals surface area contributed by atoms with Crippen molar-refractivity contribution >= 4 is 17.0 Å². The van der Waals surface area contributed by atoms with Gasteiger partial charge in [0.2, 0.25) is 0 Å². The van der Waals surface area contributed by atoms with Crippen LogP contribution in [0.4, 0.5) is 5.69 Å². The summed E-state index contributed by atoms with van der Waals surface area (Å²) in [6, 6.07) is 0. The van der Waals surface area contributed by atoms with Crippen LogP contribution in [-0.4, -0.2) is 14.9 Å². The molecule has 0 atom stereocenters. The van der Waals surface area contributed by atoms with Gasteiger partial charge in [0, 0.05) is 41.5 Å². The van der Waals surface area contributed by atoms with Crippen molar-refractivity contribution in [1.29, 1.82) is 0 Å². The van der Waals surface area contributed by atoms with E-state index in [0.29, 0.717) is 29.9 Å². The minimum absolute atomic E-state index is 0.155. The number of aryl methyl sites for hydroxylation is 2. The highest BCUT2D eigenvalue weighted by molar-refractivity contribution is 7.09. The number of nitrogens with zero attached hydrogens (tertiary/aromatic N) is 3. The number of nitro groups is 1. The number of thiazole rings is 1. The molecule has 20 heavy (non-hydrogen) atoms. The maximum absolute atomic E-state index is 11.0. The van der Waals surface area contributed by atoms with Gasteiger partial charge in [-0.2, -0.15) is 0 Å². The molecule has 0 saturated heterocycles. The summed E-state index contributed by atoms with van der Waals surface area (Å²) < 4.78 is 0. The Kier molecular flexibility index (Phi) is 4.41. The van der Waals surface area contributed by atoms with E-state index >= 15 is 0 Å². The third-order valence-corrected chi connectivity index (χ3v) is 3.96. The van der Waals surface area contributed by atoms with Crippen molar-refractivity contribution in [3.05, 3.63) is 49.2 Å². The summed E-state index contributed by atoms with van der Waals surface area (Å²) in [4.78, 5) is 19.3. The largest absolute Gasteiger partial charge is 0.305 e. The molecule has 0 fully saturated rings. The molecular weight excluding hydrogens is 276 g/mol. The van der Waals surface area contributed by atoms with E-state index in [4.69, 9.17) is 0 Å². The van der Waals surface area contributed by atoms with Crippen LogP contribution in [0.3, 0.4) is 0 Å². The predicted molar refractivity (Wildman–Crippen MR) is 77.8 cm³/mol. The van der Waals surface area contributed by atoms with E-state index in [2.05, 4.69) is 15.3 Å². The van der Waals surface area contributed by atoms with E-state index < -0.39 is 0 Å². The fourth-order valence-electron chi connectivity index (χ4n) is 2.00. The molecule has 2 aromatic heterocycles. The summed E-state index contributed by atoms with van der Waals surface area (Å²) in [6.45, 7) is 6.53. The van der Waals surface area contributed by atoms with Crippen LogP contribution in [0.1, 0.15) is 27.5 Å². The average molecular weight is 292 g/mol. The molecule has 7 heteroatoms. The van der Waals surface area contributed by atoms with Gasteiger partial charge >= 0.3 is 0 Å². The standard InChI is InChI=1S/C13H16N4O2S/c1-8-4-15-11(10(3)13(8)17(18)19)5-14-6-12-16-9(2)7-20-12/h4,7,14H,5-6H2,1-3H3. The first kappa shape index (κ1) is 14.5. The minimum atomic E-state index is -0.347. The molecule has 0 aliphatic carbocycles. The Morgan fingerprint density at radius 3 is 2.70 bits per heavy atom. The van der Waals surface area contributed by atoms with E-state index in [1.165, 1.54) is 0 Å². The van der Waals surface area contributed by atoms with Gasteiger partial charge in [-0.3, -0.25) is 15.1 Å². The number of hydrogen-bond acceptors (Lipinski definition) is 6. The Labute approximate surface area is 121 Å². The van der Waals surface area contributed by atoms with Crippen molar-refractivity contribution in [2.45, 2.75) is 33.9 Å². The molecule has 2 heterocycles. The lowest BCUT2D eigenvalue weighted by atomic mass is 10.1. The third-order valence-electron chi connectivity index (χ3n) is 2.99. The third kappa shape index (κ3) is 3.17. The quantitative estimate of drug-likeness (QED) is 0.677. The summed E-state index contributed by atoms with van der Waals surface area (Å²) in [7, 11) is 0. The van der Waals surface area contributed by atoms with Crippen LogP contribution in [0.15, 0.2) is 11.6 Å². The zero-order chi connectivity index (χ0) is 14.7. The highest BCUT2D eigenvalue weighted by atomic mass is 32.1. The first-order chi connectivity index (χ1) is 9.49. The number of rotatable bonds is 5. The molecule has 0 spiro atoms. The first-order valence-corrected chi connectivity index (χ1v) is 7.08. The normalized spacial score (nSPS) is 10.8. The number of nitrogens with one attached hydrogen (secondary N) is 1. The molecular formula is C13H16N4O2S. The zero-order valence-corrected chi connectivity index (χ0v) is 12.5. The van der Waals surface area contributed by atoms with Gasteiger partial charge in [-0.05, 0) is 20.8 Å². The summed E-state index contributed by atoms with van der Waals surface area (Å²) in [6.07, 6.45) is 1.55. The van der Waals surface area contributed by atoms with Crippen LogP contribution in [-0.2, 0) is 13.1 Å². The topological polar surface area (TPSA) is 81.0 Å². The fraction of sp³-hybridized carbons (Fsp3) is 0.385. The van der Waals surface area contributed by atoms with Crippen molar-refractivity contribution in [3.63, 3.8) is 0 Å². The first-order valence-electron chi connectivity index (χ1n) is 6.20. The van der Waals surface area contributed by atoms with Gasteiger partial charge in [-0.15, -0.1) is 11.3 Å². The Morgan fingerprint density at radius 2 is 2.10 bits per heavy atom. The Bertz CT molecular complexity index is 639. The monoisotopic (exact) mass is 292 g/mol. The average Bonchev–Trinajstić information content (AvgIpc) is 2.77. The molecule has 0 aliphatic heterocycles. The lowest BCUT2D eigenvalue weighted by molar-refractivity contribution is -0.386. The van der Waals surface area contributed by atoms with Gasteiger partial charge in [0.1, 0.15) is 5.01 Å². The molecule has 0 bridgehead atoms. The van der Waals surface area contributed by atoms with Crippen molar-refractivity contribution in [1.82, 2.24) is 15.3 Å². The Morgan fingerprint density at radius 1 is 1.35 bits per heavy atom. The Balaban J connectivity index is 2.06. The van der Waals surface area contributed by atoms with E-state index in [9.17, 15) is 10.1 Å². The van der Waals surface area contributed by atoms with Gasteiger partial charge in [0.15, 0.2) is 0 Å². The molecule has 106 valence electrons. The second-order valence-corrected chi connectivity index (χ2v) is 5.55. The molecule has 2 aromatic rings. The second kappa shape index (κ2) is 6.06. The van der Waals surface area contributed by atoms with Crippen molar-refractivity contribution in [3.8, 4) is 0 Å². The van der Waals surface area contributed by atoms with E-state index in [1.807, 2.05) is 12.3 Å². The zero-order valence-electron chi connectivity index (χ0n) is 11.6. The maximum atomic E-state index is 11.0. The van der Waals surface area contributed by atoms with E-state index in [-0.39, 0.29) is 10.6 Å². The van der Waals surface area contributed by atoms with Gasteiger partial charge in [-0.1, -0.05) is 0 Å². The fourth-order valence-corrected chi connectivity index (χ4v) is 2.74. The molecule has 1 N–H and O–H groups in total. The van der Waals surface area contributed by atoms with E-state index in [1.54, 1.807) is 31.4 Å². The van der Waals surface area contributed by atoms with Crippen LogP contribution >= 0.6 is 11.3 Å². The number of aromatic nitrogens is 2. The summed E-state index contributed by atoms with van der Waals surface area (Å²) in [5.41, 5.74) is 3.08. The van der Waals surface area contributed by atoms with Gasteiger partial charge in [0.25, 0.3) is 5.69 Å². The second-order valence-electron chi connectivity index (χ2n) is 4.60. The van der Waals surface area contributed by atoms with Crippen LogP contribution < -0.4 is 5.32 Å². The van der Waals surface area contributed by atoms with Crippen molar-refractivity contribution < 1.29 is 4.92 Å². The SMILES string of the molecule is Cc1csc(CNCc2ncc(C)c([N+](=O)[O-])c2C)n1. The lowest BCUT2D eigenvalue weighted by Crippen LogP contribution is -2.15. The Hall–Kier alpha value is -1.86. The molecule has 0 saturated carbocycles. The number of hydrogen-bond donors (Lipinski definition) is 1. The summed E-state index contributed by atoms with van der Waals surface area (Å²) in [5, 5.41) is 17.3. The highest BCUT2D eigenvalue weighted by Crippen LogP contribution is 2.23. The molecule has 0 unspecified atom stereocenters. The van der Waals surface area contributed by atoms with Gasteiger partial charge < -0.3 is 5.32 Å². The molecule has 0 amide bonds. The minimum Gasteiger partial charge on any atom is -0.305 e. The van der Waals surface area contributed by atoms with Gasteiger partial charge in [-0.25, -0.2) is 4.98 Å². The summed E-state index contributed by atoms with van der Waals surface area (Å²) in [5.74, 6) is 0. The van der Waals surface area contributed by atoms with Crippen LogP contribution in [0.2, 0.25) is 0 Å². The van der Waals surface area contributed by atoms with Crippen molar-refractivity contribution in [2.75, 3.05) is 0 Å². The molecule has 0 radical (unpaired) electrons. The predicted octanol–water partition coefficient (Wildman–Crippen LogP) is 2.66. The van der Waals surface area contributed by atoms with Crippen LogP contribution in [0.5, 0.6) is 0 Å². The van der Waals surface area contributed by atoms with Gasteiger partial charge in [0.05, 0.1) is 10.6 Å². The van der Waals surface area contributed by atoms with Crippen LogP contribution in [0.25, 0.3) is 0 Å². The van der Waals surface area contributed by atoms with E-state index in [0.717, 1.165) is 10.7 Å². The molecule has 0 aliphatic rings. The van der Waals surface area contributed by atoms with Crippen LogP contribution in [0, 0.1) is 30.9 Å². The number of pyridine rings is 1. The summed E-state index contributed by atoms with van der Waals surface area (Å²) >= 11 is 1.60. The molecule has 6 nitrogen and oxygen atoms in total. The lowest BCUT2D eigenvalue weighted by Gasteiger charge is -2.08. The molecule has 0 aromatic carbocycles. The maximum Gasteiger partial charge on any atom is 0.278 e. The highest BCUT2D eigenvalue weighted by Gasteiger charge is 2.18. The van der Waals surface area contributed by atoms with Crippen molar-refractivity contribution in [2.24, 2.45) is 0 Å².